The molecule has 0 unspecified atom stereocenters. The summed E-state index contributed by atoms with van der Waals surface area (Å²) in [6.45, 7) is 0. The quantitative estimate of drug-likeness (QED) is 0.741. The van der Waals surface area contributed by atoms with Crippen molar-refractivity contribution in [1.82, 2.24) is 9.97 Å². The number of nitrogens with zero attached hydrogens (tertiary/aromatic N) is 1. The monoisotopic (exact) mass is 190 g/mol. The SMILES string of the molecule is O=c1ccnc(-c2cccc(F)c2)[nH]1. The highest BCUT2D eigenvalue weighted by Gasteiger charge is 2.00. The predicted molar refractivity (Wildman–Crippen MR) is 50.3 cm³/mol. The van der Waals surface area contributed by atoms with E-state index < -0.39 is 0 Å². The maximum atomic E-state index is 12.8. The van der Waals surface area contributed by atoms with E-state index in [1.54, 1.807) is 12.1 Å². The molecule has 1 N–H and O–H groups in total. The van der Waals surface area contributed by atoms with E-state index in [1.807, 2.05) is 0 Å². The van der Waals surface area contributed by atoms with Crippen molar-refractivity contribution in [3.63, 3.8) is 0 Å². The summed E-state index contributed by atoms with van der Waals surface area (Å²) in [5.41, 5.74) is 0.307. The minimum atomic E-state index is -0.353. The highest BCUT2D eigenvalue weighted by atomic mass is 19.1. The van der Waals surface area contributed by atoms with Crippen LogP contribution in [0.25, 0.3) is 11.4 Å². The Morgan fingerprint density at radius 1 is 1.29 bits per heavy atom. The number of benzene rings is 1. The third-order valence-electron chi connectivity index (χ3n) is 1.77. The molecule has 1 heterocycles. The van der Waals surface area contributed by atoms with E-state index in [9.17, 15) is 9.18 Å². The maximum absolute atomic E-state index is 12.8. The van der Waals surface area contributed by atoms with E-state index in [0.29, 0.717) is 11.4 Å². The maximum Gasteiger partial charge on any atom is 0.251 e. The standard InChI is InChI=1S/C10H7FN2O/c11-8-3-1-2-7(6-8)10-12-5-4-9(14)13-10/h1-6H,(H,12,13,14). The summed E-state index contributed by atoms with van der Waals surface area (Å²) < 4.78 is 12.8. The van der Waals surface area contributed by atoms with E-state index in [2.05, 4.69) is 9.97 Å². The minimum Gasteiger partial charge on any atom is -0.307 e. The molecule has 1 aromatic carbocycles. The van der Waals surface area contributed by atoms with Gasteiger partial charge in [0.1, 0.15) is 11.6 Å². The van der Waals surface area contributed by atoms with Gasteiger partial charge >= 0.3 is 0 Å². The number of nitrogens with one attached hydrogen (secondary N) is 1. The van der Waals surface area contributed by atoms with Gasteiger partial charge in [-0.15, -0.1) is 0 Å². The van der Waals surface area contributed by atoms with Crippen molar-refractivity contribution < 1.29 is 4.39 Å². The zero-order valence-corrected chi connectivity index (χ0v) is 7.20. The molecule has 0 atom stereocenters. The molecule has 0 amide bonds. The van der Waals surface area contributed by atoms with Gasteiger partial charge in [0, 0.05) is 17.8 Å². The Labute approximate surface area is 79.3 Å². The second kappa shape index (κ2) is 3.41. The lowest BCUT2D eigenvalue weighted by Crippen LogP contribution is -2.05. The number of hydrogen-bond acceptors (Lipinski definition) is 2. The highest BCUT2D eigenvalue weighted by Crippen LogP contribution is 2.13. The Bertz CT molecular complexity index is 507. The molecule has 0 spiro atoms. The first kappa shape index (κ1) is 8.62. The van der Waals surface area contributed by atoms with Crippen LogP contribution in [-0.2, 0) is 0 Å². The Morgan fingerprint density at radius 2 is 2.14 bits per heavy atom. The first-order chi connectivity index (χ1) is 6.75. The van der Waals surface area contributed by atoms with Crippen LogP contribution < -0.4 is 5.56 Å². The topological polar surface area (TPSA) is 45.8 Å². The van der Waals surface area contributed by atoms with Gasteiger partial charge in [-0.2, -0.15) is 0 Å². The summed E-state index contributed by atoms with van der Waals surface area (Å²) in [7, 11) is 0. The number of rotatable bonds is 1. The van der Waals surface area contributed by atoms with Crippen molar-refractivity contribution in [3.8, 4) is 11.4 Å². The van der Waals surface area contributed by atoms with Crippen LogP contribution in [-0.4, -0.2) is 9.97 Å². The van der Waals surface area contributed by atoms with Crippen LogP contribution in [0.3, 0.4) is 0 Å². The smallest absolute Gasteiger partial charge is 0.251 e. The van der Waals surface area contributed by atoms with Crippen molar-refractivity contribution >= 4 is 0 Å². The molecular weight excluding hydrogens is 183 g/mol. The molecule has 14 heavy (non-hydrogen) atoms. The number of H-pyrrole nitrogens is 1. The number of hydrogen-bond donors (Lipinski definition) is 1. The first-order valence-electron chi connectivity index (χ1n) is 4.07. The Balaban J connectivity index is 2.55. The molecule has 0 saturated carbocycles. The summed E-state index contributed by atoms with van der Waals surface area (Å²) in [6, 6.07) is 7.21. The average molecular weight is 190 g/mol. The second-order valence-electron chi connectivity index (χ2n) is 2.79. The van der Waals surface area contributed by atoms with Gasteiger partial charge in [0.05, 0.1) is 0 Å². The normalized spacial score (nSPS) is 10.1. The largest absolute Gasteiger partial charge is 0.307 e. The molecule has 2 aromatic rings. The summed E-state index contributed by atoms with van der Waals surface area (Å²) in [4.78, 5) is 17.4. The molecule has 2 rings (SSSR count). The van der Waals surface area contributed by atoms with E-state index in [4.69, 9.17) is 0 Å². The summed E-state index contributed by atoms with van der Waals surface area (Å²) in [5, 5.41) is 0. The van der Waals surface area contributed by atoms with E-state index in [-0.39, 0.29) is 11.4 Å². The Hall–Kier alpha value is -1.97. The minimum absolute atomic E-state index is 0.251. The summed E-state index contributed by atoms with van der Waals surface area (Å²) in [5.74, 6) is 0.0194. The molecule has 0 aliphatic carbocycles. The lowest BCUT2D eigenvalue weighted by atomic mass is 10.2. The van der Waals surface area contributed by atoms with Crippen LogP contribution in [0.15, 0.2) is 41.3 Å². The third kappa shape index (κ3) is 1.69. The molecule has 0 fully saturated rings. The van der Waals surface area contributed by atoms with Crippen molar-refractivity contribution in [2.24, 2.45) is 0 Å². The molecule has 0 aliphatic rings. The number of aromatic nitrogens is 2. The van der Waals surface area contributed by atoms with Crippen LogP contribution in [0.4, 0.5) is 4.39 Å². The lowest BCUT2D eigenvalue weighted by molar-refractivity contribution is 0.628. The van der Waals surface area contributed by atoms with Gasteiger partial charge in [0.2, 0.25) is 0 Å². The molecule has 0 radical (unpaired) electrons. The molecule has 0 saturated heterocycles. The van der Waals surface area contributed by atoms with Crippen LogP contribution in [0.5, 0.6) is 0 Å². The van der Waals surface area contributed by atoms with Crippen molar-refractivity contribution in [2.45, 2.75) is 0 Å². The molecule has 3 nitrogen and oxygen atoms in total. The molecular formula is C10H7FN2O. The van der Waals surface area contributed by atoms with Crippen molar-refractivity contribution in [2.75, 3.05) is 0 Å². The van der Waals surface area contributed by atoms with Crippen LogP contribution in [0, 0.1) is 5.82 Å². The van der Waals surface area contributed by atoms with Crippen LogP contribution in [0.2, 0.25) is 0 Å². The van der Waals surface area contributed by atoms with E-state index >= 15 is 0 Å². The fraction of sp³-hybridized carbons (Fsp3) is 0. The van der Waals surface area contributed by atoms with Gasteiger partial charge in [-0.25, -0.2) is 9.37 Å². The molecule has 0 bridgehead atoms. The number of halogens is 1. The van der Waals surface area contributed by atoms with Gasteiger partial charge in [0.25, 0.3) is 5.56 Å². The van der Waals surface area contributed by atoms with Crippen LogP contribution in [0.1, 0.15) is 0 Å². The van der Waals surface area contributed by atoms with Crippen molar-refractivity contribution in [1.29, 1.82) is 0 Å². The van der Waals surface area contributed by atoms with Gasteiger partial charge in [-0.05, 0) is 12.1 Å². The van der Waals surface area contributed by atoms with Gasteiger partial charge in [-0.1, -0.05) is 12.1 Å². The predicted octanol–water partition coefficient (Wildman–Crippen LogP) is 1.58. The summed E-state index contributed by atoms with van der Waals surface area (Å²) >= 11 is 0. The molecule has 70 valence electrons. The average Bonchev–Trinajstić information content (AvgIpc) is 2.18. The van der Waals surface area contributed by atoms with Crippen molar-refractivity contribution in [3.05, 3.63) is 52.7 Å². The molecule has 4 heteroatoms. The zero-order valence-electron chi connectivity index (χ0n) is 7.20. The van der Waals surface area contributed by atoms with E-state index in [1.165, 1.54) is 24.4 Å². The first-order valence-corrected chi connectivity index (χ1v) is 4.07. The second-order valence-corrected chi connectivity index (χ2v) is 2.79. The van der Waals surface area contributed by atoms with Crippen LogP contribution >= 0.6 is 0 Å². The molecule has 1 aromatic heterocycles. The third-order valence-corrected chi connectivity index (χ3v) is 1.77. The Kier molecular flexibility index (Phi) is 2.10. The van der Waals surface area contributed by atoms with Gasteiger partial charge in [0.15, 0.2) is 0 Å². The summed E-state index contributed by atoms with van der Waals surface area (Å²) in [6.07, 6.45) is 1.39. The highest BCUT2D eigenvalue weighted by molar-refractivity contribution is 5.53. The van der Waals surface area contributed by atoms with Gasteiger partial charge in [-0.3, -0.25) is 4.79 Å². The fourth-order valence-electron chi connectivity index (χ4n) is 1.15. The van der Waals surface area contributed by atoms with Gasteiger partial charge < -0.3 is 4.98 Å². The Morgan fingerprint density at radius 3 is 2.86 bits per heavy atom. The fourth-order valence-corrected chi connectivity index (χ4v) is 1.15. The van der Waals surface area contributed by atoms with E-state index in [0.717, 1.165) is 0 Å². The number of aromatic amines is 1. The molecule has 0 aliphatic heterocycles. The zero-order chi connectivity index (χ0) is 9.97. The lowest BCUT2D eigenvalue weighted by Gasteiger charge is -1.98.